The summed E-state index contributed by atoms with van der Waals surface area (Å²) in [6.45, 7) is 0. The molecule has 0 aliphatic carbocycles. The van der Waals surface area contributed by atoms with Crippen LogP contribution in [0.3, 0.4) is 0 Å². The molecule has 4 heterocycles. The van der Waals surface area contributed by atoms with Gasteiger partial charge in [-0.05, 0) is 59.7 Å². The van der Waals surface area contributed by atoms with E-state index in [1.165, 1.54) is 21.8 Å². The van der Waals surface area contributed by atoms with Crippen molar-refractivity contribution in [1.82, 2.24) is 19.5 Å². The van der Waals surface area contributed by atoms with Gasteiger partial charge in [-0.2, -0.15) is 0 Å². The van der Waals surface area contributed by atoms with Crippen LogP contribution >= 0.6 is 0 Å². The van der Waals surface area contributed by atoms with Gasteiger partial charge in [0.1, 0.15) is 22.3 Å². The molecule has 0 aliphatic heterocycles. The van der Waals surface area contributed by atoms with Gasteiger partial charge in [-0.1, -0.05) is 127 Å². The second-order valence-electron chi connectivity index (χ2n) is 14.4. The first kappa shape index (κ1) is 31.5. The summed E-state index contributed by atoms with van der Waals surface area (Å²) in [7, 11) is 0. The van der Waals surface area contributed by atoms with E-state index >= 15 is 0 Å². The molecule has 57 heavy (non-hydrogen) atoms. The van der Waals surface area contributed by atoms with Crippen LogP contribution in [-0.2, 0) is 0 Å². The van der Waals surface area contributed by atoms with Crippen molar-refractivity contribution >= 4 is 65.7 Å². The van der Waals surface area contributed by atoms with Crippen molar-refractivity contribution in [2.75, 3.05) is 0 Å². The van der Waals surface area contributed by atoms with Crippen molar-refractivity contribution in [1.29, 1.82) is 0 Å². The Hall–Kier alpha value is -7.83. The quantitative estimate of drug-likeness (QED) is 0.176. The summed E-state index contributed by atoms with van der Waals surface area (Å²) in [5.74, 6) is 1.78. The number of nitrogens with zero attached hydrogens (tertiary/aromatic N) is 4. The van der Waals surface area contributed by atoms with Gasteiger partial charge < -0.3 is 13.4 Å². The molecular weight excluding hydrogens is 701 g/mol. The molecule has 0 saturated heterocycles. The van der Waals surface area contributed by atoms with Gasteiger partial charge in [-0.25, -0.2) is 15.0 Å². The van der Waals surface area contributed by atoms with Crippen molar-refractivity contribution in [2.24, 2.45) is 0 Å². The average Bonchev–Trinajstić information content (AvgIpc) is 3.96. The van der Waals surface area contributed by atoms with Crippen molar-refractivity contribution in [3.05, 3.63) is 182 Å². The molecule has 6 heteroatoms. The van der Waals surface area contributed by atoms with Crippen LogP contribution in [-0.4, -0.2) is 19.5 Å². The van der Waals surface area contributed by atoms with Crippen LogP contribution in [0.4, 0.5) is 0 Å². The Morgan fingerprint density at radius 2 is 0.930 bits per heavy atom. The normalized spacial score (nSPS) is 11.9. The fraction of sp³-hybridized carbons (Fsp3) is 0. The van der Waals surface area contributed by atoms with Crippen LogP contribution in [0.15, 0.2) is 191 Å². The fourth-order valence-corrected chi connectivity index (χ4v) is 8.47. The van der Waals surface area contributed by atoms with Crippen LogP contribution in [0.25, 0.3) is 117 Å². The molecule has 0 aliphatic rings. The van der Waals surface area contributed by atoms with Crippen molar-refractivity contribution in [2.45, 2.75) is 0 Å². The molecule has 8 aromatic carbocycles. The van der Waals surface area contributed by atoms with E-state index in [4.69, 9.17) is 23.8 Å². The summed E-state index contributed by atoms with van der Waals surface area (Å²) in [5, 5.41) is 6.63. The molecule has 266 valence electrons. The standard InChI is InChI=1S/C51H30N4O2/c1-3-13-31(14-4-1)49-52-50(32-15-5-2-6-16-32)54-51(53-49)41-21-11-20-39-38-27-25-33(29-45(38)57-48(39)41)35-19-12-24-44-47(35)40-28-26-34(30-46(40)56-44)55-42-22-9-7-17-36(42)37-18-8-10-23-43(37)55/h1-30H. The third-order valence-corrected chi connectivity index (χ3v) is 11.1. The van der Waals surface area contributed by atoms with Crippen molar-refractivity contribution in [3.63, 3.8) is 0 Å². The second kappa shape index (κ2) is 12.3. The van der Waals surface area contributed by atoms with E-state index < -0.39 is 0 Å². The minimum atomic E-state index is 0.558. The highest BCUT2D eigenvalue weighted by Crippen LogP contribution is 2.42. The maximum Gasteiger partial charge on any atom is 0.167 e. The highest BCUT2D eigenvalue weighted by atomic mass is 16.3. The summed E-state index contributed by atoms with van der Waals surface area (Å²) >= 11 is 0. The average molecular weight is 731 g/mol. The van der Waals surface area contributed by atoms with Gasteiger partial charge in [0.2, 0.25) is 0 Å². The van der Waals surface area contributed by atoms with Gasteiger partial charge in [-0.15, -0.1) is 0 Å². The number of hydrogen-bond donors (Lipinski definition) is 0. The van der Waals surface area contributed by atoms with E-state index in [1.807, 2.05) is 78.9 Å². The van der Waals surface area contributed by atoms with E-state index in [0.29, 0.717) is 17.5 Å². The lowest BCUT2D eigenvalue weighted by Gasteiger charge is -2.08. The van der Waals surface area contributed by atoms with Gasteiger partial charge in [0.15, 0.2) is 17.5 Å². The maximum absolute atomic E-state index is 6.77. The molecule has 0 bridgehead atoms. The Morgan fingerprint density at radius 3 is 1.65 bits per heavy atom. The molecule has 0 unspecified atom stereocenters. The van der Waals surface area contributed by atoms with E-state index in [9.17, 15) is 0 Å². The van der Waals surface area contributed by atoms with Crippen LogP contribution in [0.2, 0.25) is 0 Å². The molecule has 0 atom stereocenters. The number of rotatable bonds is 5. The minimum absolute atomic E-state index is 0.558. The summed E-state index contributed by atoms with van der Waals surface area (Å²) < 4.78 is 15.7. The van der Waals surface area contributed by atoms with Gasteiger partial charge >= 0.3 is 0 Å². The predicted octanol–water partition coefficient (Wildman–Crippen LogP) is 13.4. The molecule has 6 nitrogen and oxygen atoms in total. The number of fused-ring (bicyclic) bond motifs is 9. The second-order valence-corrected chi connectivity index (χ2v) is 14.4. The third kappa shape index (κ3) is 4.94. The number of aromatic nitrogens is 4. The Morgan fingerprint density at radius 1 is 0.351 bits per heavy atom. The number of benzene rings is 8. The van der Waals surface area contributed by atoms with Crippen LogP contribution in [0, 0.1) is 0 Å². The van der Waals surface area contributed by atoms with E-state index in [-0.39, 0.29) is 0 Å². The summed E-state index contributed by atoms with van der Waals surface area (Å²) in [4.78, 5) is 14.9. The molecule has 0 saturated carbocycles. The monoisotopic (exact) mass is 730 g/mol. The Labute approximate surface area is 325 Å². The highest BCUT2D eigenvalue weighted by Gasteiger charge is 2.20. The number of para-hydroxylation sites is 3. The zero-order chi connectivity index (χ0) is 37.5. The smallest absolute Gasteiger partial charge is 0.167 e. The first-order valence-electron chi connectivity index (χ1n) is 19.0. The molecular formula is C51H30N4O2. The largest absolute Gasteiger partial charge is 0.456 e. The fourth-order valence-electron chi connectivity index (χ4n) is 8.47. The first-order valence-corrected chi connectivity index (χ1v) is 19.0. The third-order valence-electron chi connectivity index (χ3n) is 11.1. The van der Waals surface area contributed by atoms with Gasteiger partial charge in [0.05, 0.1) is 16.6 Å². The predicted molar refractivity (Wildman–Crippen MR) is 230 cm³/mol. The van der Waals surface area contributed by atoms with E-state index in [0.717, 1.165) is 77.4 Å². The number of hydrogen-bond acceptors (Lipinski definition) is 5. The number of furan rings is 2. The Balaban J connectivity index is 0.994. The molecule has 4 aromatic heterocycles. The van der Waals surface area contributed by atoms with Crippen molar-refractivity contribution < 1.29 is 8.83 Å². The zero-order valence-corrected chi connectivity index (χ0v) is 30.4. The van der Waals surface area contributed by atoms with Crippen LogP contribution in [0.1, 0.15) is 0 Å². The lowest BCUT2D eigenvalue weighted by atomic mass is 9.98. The molecule has 12 aromatic rings. The summed E-state index contributed by atoms with van der Waals surface area (Å²) in [6, 6.07) is 62.6. The van der Waals surface area contributed by atoms with Crippen molar-refractivity contribution in [3.8, 4) is 51.0 Å². The Bertz CT molecular complexity index is 3410. The van der Waals surface area contributed by atoms with Gasteiger partial charge in [-0.3, -0.25) is 0 Å². The Kier molecular flexibility index (Phi) is 6.83. The van der Waals surface area contributed by atoms with E-state index in [1.54, 1.807) is 0 Å². The summed E-state index contributed by atoms with van der Waals surface area (Å²) in [5.41, 5.74) is 11.4. The van der Waals surface area contributed by atoms with Gasteiger partial charge in [0, 0.05) is 55.2 Å². The maximum atomic E-state index is 6.77. The molecule has 0 radical (unpaired) electrons. The van der Waals surface area contributed by atoms with Crippen LogP contribution in [0.5, 0.6) is 0 Å². The summed E-state index contributed by atoms with van der Waals surface area (Å²) in [6.07, 6.45) is 0. The molecule has 0 fully saturated rings. The first-order chi connectivity index (χ1) is 28.2. The van der Waals surface area contributed by atoms with E-state index in [2.05, 4.69) is 108 Å². The van der Waals surface area contributed by atoms with Gasteiger partial charge in [0.25, 0.3) is 0 Å². The zero-order valence-electron chi connectivity index (χ0n) is 30.4. The van der Waals surface area contributed by atoms with Crippen LogP contribution < -0.4 is 0 Å². The lowest BCUT2D eigenvalue weighted by Crippen LogP contribution is -2.00. The lowest BCUT2D eigenvalue weighted by molar-refractivity contribution is 0.668. The highest BCUT2D eigenvalue weighted by molar-refractivity contribution is 6.15. The molecule has 0 amide bonds. The minimum Gasteiger partial charge on any atom is -0.456 e. The topological polar surface area (TPSA) is 69.9 Å². The molecule has 12 rings (SSSR count). The molecule has 0 spiro atoms. The SMILES string of the molecule is c1ccc(-c2nc(-c3ccccc3)nc(-c3cccc4c3oc3cc(-c5cccc6oc7cc(-n8c9ccccc9c9ccccc98)ccc7c56)ccc34)n2)cc1. The molecule has 0 N–H and O–H groups in total.